The lowest BCUT2D eigenvalue weighted by atomic mass is 10.2. The van der Waals surface area contributed by atoms with Gasteiger partial charge in [0.2, 0.25) is 0 Å². The minimum atomic E-state index is -0.192. The molecule has 0 aliphatic rings. The normalized spacial score (nSPS) is 10.1. The Balaban J connectivity index is 2.18. The maximum absolute atomic E-state index is 12.1. The Bertz CT molecular complexity index is 614. The van der Waals surface area contributed by atoms with Gasteiger partial charge in [-0.15, -0.1) is 0 Å². The number of amides is 1. The Morgan fingerprint density at radius 3 is 2.84 bits per heavy atom. The highest BCUT2D eigenvalue weighted by molar-refractivity contribution is 9.10. The van der Waals surface area contributed by atoms with Gasteiger partial charge in [0, 0.05) is 5.56 Å². The number of carbonyl (C=O) groups is 1. The molecule has 4 nitrogen and oxygen atoms in total. The Morgan fingerprint density at radius 1 is 1.37 bits per heavy atom. The topological polar surface area (TPSA) is 51.2 Å². The van der Waals surface area contributed by atoms with E-state index in [1.807, 2.05) is 13.0 Å². The maximum atomic E-state index is 12.1. The smallest absolute Gasteiger partial charge is 0.255 e. The molecule has 0 saturated carbocycles. The highest BCUT2D eigenvalue weighted by Gasteiger charge is 2.08. The fourth-order valence-electron chi connectivity index (χ4n) is 1.59. The van der Waals surface area contributed by atoms with E-state index < -0.39 is 0 Å². The lowest BCUT2D eigenvalue weighted by Gasteiger charge is -2.07. The molecule has 1 aromatic carbocycles. The molecule has 0 bridgehead atoms. The third kappa shape index (κ3) is 3.32. The van der Waals surface area contributed by atoms with Crippen LogP contribution < -0.4 is 10.1 Å². The number of methoxy groups -OCH3 is 1. The highest BCUT2D eigenvalue weighted by Crippen LogP contribution is 2.18. The number of carbonyl (C=O) groups excluding carboxylic acids is 1. The van der Waals surface area contributed by atoms with E-state index in [9.17, 15) is 4.79 Å². The summed E-state index contributed by atoms with van der Waals surface area (Å²) in [6.45, 7) is 1.91. The van der Waals surface area contributed by atoms with Crippen molar-refractivity contribution in [2.45, 2.75) is 6.92 Å². The molecule has 98 valence electrons. The number of hydrogen-bond acceptors (Lipinski definition) is 3. The molecule has 0 radical (unpaired) electrons. The van der Waals surface area contributed by atoms with Crippen molar-refractivity contribution in [1.29, 1.82) is 0 Å². The summed E-state index contributed by atoms with van der Waals surface area (Å²) in [5.41, 5.74) is 2.16. The van der Waals surface area contributed by atoms with Gasteiger partial charge in [-0.2, -0.15) is 0 Å². The number of anilines is 1. The molecule has 1 amide bonds. The molecule has 0 saturated heterocycles. The van der Waals surface area contributed by atoms with E-state index in [4.69, 9.17) is 4.74 Å². The summed E-state index contributed by atoms with van der Waals surface area (Å²) in [5.74, 6) is 0.459. The summed E-state index contributed by atoms with van der Waals surface area (Å²) in [6.07, 6.45) is 1.61. The van der Waals surface area contributed by atoms with Crippen molar-refractivity contribution >= 4 is 27.5 Å². The number of benzene rings is 1. The van der Waals surface area contributed by atoms with E-state index >= 15 is 0 Å². The second-order valence-corrected chi connectivity index (χ2v) is 4.77. The van der Waals surface area contributed by atoms with E-state index in [2.05, 4.69) is 26.2 Å². The SMILES string of the molecule is COc1cccc(C(=O)Nc2cnc(Br)c(C)c2)c1. The molecule has 5 heteroatoms. The Morgan fingerprint density at radius 2 is 2.16 bits per heavy atom. The van der Waals surface area contributed by atoms with Crippen molar-refractivity contribution in [2.24, 2.45) is 0 Å². The van der Waals surface area contributed by atoms with Gasteiger partial charge in [0.15, 0.2) is 0 Å². The van der Waals surface area contributed by atoms with Gasteiger partial charge in [-0.05, 0) is 52.7 Å². The van der Waals surface area contributed by atoms with E-state index in [1.54, 1.807) is 37.6 Å². The molecule has 0 unspecified atom stereocenters. The van der Waals surface area contributed by atoms with Crippen LogP contribution in [0.1, 0.15) is 15.9 Å². The van der Waals surface area contributed by atoms with Gasteiger partial charge in [0.25, 0.3) is 5.91 Å². The molecule has 2 aromatic rings. The number of pyridine rings is 1. The van der Waals surface area contributed by atoms with Crippen LogP contribution in [0, 0.1) is 6.92 Å². The molecular formula is C14H13BrN2O2. The minimum absolute atomic E-state index is 0.192. The van der Waals surface area contributed by atoms with Crippen molar-refractivity contribution in [2.75, 3.05) is 12.4 Å². The summed E-state index contributed by atoms with van der Waals surface area (Å²) in [7, 11) is 1.57. The molecule has 0 spiro atoms. The Hall–Kier alpha value is -1.88. The zero-order valence-electron chi connectivity index (χ0n) is 10.6. The predicted octanol–water partition coefficient (Wildman–Crippen LogP) is 3.41. The van der Waals surface area contributed by atoms with Gasteiger partial charge in [-0.3, -0.25) is 4.79 Å². The van der Waals surface area contributed by atoms with Crippen molar-refractivity contribution in [3.8, 4) is 5.75 Å². The fraction of sp³-hybridized carbons (Fsp3) is 0.143. The molecule has 0 aliphatic heterocycles. The monoisotopic (exact) mass is 320 g/mol. The minimum Gasteiger partial charge on any atom is -0.497 e. The highest BCUT2D eigenvalue weighted by atomic mass is 79.9. The van der Waals surface area contributed by atoms with Crippen LogP contribution in [0.25, 0.3) is 0 Å². The van der Waals surface area contributed by atoms with E-state index in [0.717, 1.165) is 10.2 Å². The fourth-order valence-corrected chi connectivity index (χ4v) is 1.81. The first kappa shape index (κ1) is 13.5. The largest absolute Gasteiger partial charge is 0.497 e. The average Bonchev–Trinajstić information content (AvgIpc) is 2.43. The molecule has 0 aliphatic carbocycles. The van der Waals surface area contributed by atoms with Gasteiger partial charge in [-0.1, -0.05) is 6.07 Å². The van der Waals surface area contributed by atoms with Gasteiger partial charge >= 0.3 is 0 Å². The second-order valence-electron chi connectivity index (χ2n) is 4.02. The van der Waals surface area contributed by atoms with Crippen molar-refractivity contribution < 1.29 is 9.53 Å². The van der Waals surface area contributed by atoms with Crippen LogP contribution in [0.3, 0.4) is 0 Å². The summed E-state index contributed by atoms with van der Waals surface area (Å²) >= 11 is 3.32. The average molecular weight is 321 g/mol. The molecule has 0 fully saturated rings. The number of nitrogens with one attached hydrogen (secondary N) is 1. The molecule has 1 N–H and O–H groups in total. The van der Waals surface area contributed by atoms with Crippen LogP contribution >= 0.6 is 15.9 Å². The van der Waals surface area contributed by atoms with Crippen molar-refractivity contribution in [3.63, 3.8) is 0 Å². The Labute approximate surface area is 119 Å². The van der Waals surface area contributed by atoms with E-state index in [1.165, 1.54) is 0 Å². The quantitative estimate of drug-likeness (QED) is 0.882. The molecule has 0 atom stereocenters. The molecule has 1 aromatic heterocycles. The van der Waals surface area contributed by atoms with Crippen LogP contribution in [0.2, 0.25) is 0 Å². The third-order valence-corrected chi connectivity index (χ3v) is 3.43. The summed E-state index contributed by atoms with van der Waals surface area (Å²) in [6, 6.07) is 8.85. The number of nitrogens with zero attached hydrogens (tertiary/aromatic N) is 1. The first-order chi connectivity index (χ1) is 9.10. The summed E-state index contributed by atoms with van der Waals surface area (Å²) < 4.78 is 5.86. The van der Waals surface area contributed by atoms with Crippen molar-refractivity contribution in [3.05, 3.63) is 52.3 Å². The molecule has 19 heavy (non-hydrogen) atoms. The summed E-state index contributed by atoms with van der Waals surface area (Å²) in [4.78, 5) is 16.2. The lowest BCUT2D eigenvalue weighted by molar-refractivity contribution is 0.102. The second kappa shape index (κ2) is 5.84. The molecule has 2 rings (SSSR count). The van der Waals surface area contributed by atoms with Gasteiger partial charge in [-0.25, -0.2) is 4.98 Å². The molecule has 1 heterocycles. The van der Waals surface area contributed by atoms with E-state index in [0.29, 0.717) is 17.0 Å². The van der Waals surface area contributed by atoms with Crippen LogP contribution in [0.5, 0.6) is 5.75 Å². The first-order valence-electron chi connectivity index (χ1n) is 5.67. The van der Waals surface area contributed by atoms with Gasteiger partial charge < -0.3 is 10.1 Å². The zero-order valence-corrected chi connectivity index (χ0v) is 12.2. The van der Waals surface area contributed by atoms with Crippen LogP contribution in [-0.2, 0) is 0 Å². The van der Waals surface area contributed by atoms with Crippen LogP contribution in [-0.4, -0.2) is 18.0 Å². The zero-order chi connectivity index (χ0) is 13.8. The van der Waals surface area contributed by atoms with E-state index in [-0.39, 0.29) is 5.91 Å². The number of ether oxygens (including phenoxy) is 1. The Kier molecular flexibility index (Phi) is 4.16. The predicted molar refractivity (Wildman–Crippen MR) is 77.6 cm³/mol. The van der Waals surface area contributed by atoms with Crippen LogP contribution in [0.4, 0.5) is 5.69 Å². The van der Waals surface area contributed by atoms with Crippen LogP contribution in [0.15, 0.2) is 41.1 Å². The van der Waals surface area contributed by atoms with Crippen molar-refractivity contribution in [1.82, 2.24) is 4.98 Å². The lowest BCUT2D eigenvalue weighted by Crippen LogP contribution is -2.12. The van der Waals surface area contributed by atoms with Gasteiger partial charge in [0.1, 0.15) is 10.4 Å². The first-order valence-corrected chi connectivity index (χ1v) is 6.47. The third-order valence-electron chi connectivity index (χ3n) is 2.60. The molecular weight excluding hydrogens is 308 g/mol. The summed E-state index contributed by atoms with van der Waals surface area (Å²) in [5, 5.41) is 2.80. The number of halogens is 1. The van der Waals surface area contributed by atoms with Gasteiger partial charge in [0.05, 0.1) is 19.0 Å². The maximum Gasteiger partial charge on any atom is 0.255 e. The standard InChI is InChI=1S/C14H13BrN2O2/c1-9-6-11(8-16-13(9)15)17-14(18)10-4-3-5-12(7-10)19-2/h3-8H,1-2H3,(H,17,18). The number of hydrogen-bond donors (Lipinski definition) is 1. The number of aromatic nitrogens is 1. The number of rotatable bonds is 3. The number of aryl methyl sites for hydroxylation is 1.